The number of Topliss-reactive ketones (excluding diaryl/α,β-unsaturated/α-hetero) is 1. The molecular formula is C19H19Cl2NO2S. The molecule has 0 heterocycles. The molecular weight excluding hydrogens is 377 g/mol. The van der Waals surface area contributed by atoms with E-state index in [4.69, 9.17) is 23.2 Å². The minimum atomic E-state index is -0.0276. The van der Waals surface area contributed by atoms with Crippen LogP contribution in [0.2, 0.25) is 10.0 Å². The molecule has 0 saturated carbocycles. The zero-order valence-electron chi connectivity index (χ0n) is 14.0. The van der Waals surface area contributed by atoms with Crippen LogP contribution in [-0.4, -0.2) is 17.4 Å². The summed E-state index contributed by atoms with van der Waals surface area (Å²) in [4.78, 5) is 24.8. The zero-order valence-corrected chi connectivity index (χ0v) is 16.3. The standard InChI is InChI=1S/C19H19Cl2NO2S/c1-12(2)9-19(24)22-15-6-3-13(4-7-15)17(23)11-25-18-10-14(20)5-8-16(18)21/h3-8,10,12H,9,11H2,1-2H3,(H,22,24). The highest BCUT2D eigenvalue weighted by molar-refractivity contribution is 8.00. The highest BCUT2D eigenvalue weighted by atomic mass is 35.5. The lowest BCUT2D eigenvalue weighted by molar-refractivity contribution is -0.116. The quantitative estimate of drug-likeness (QED) is 0.464. The van der Waals surface area contributed by atoms with E-state index in [0.29, 0.717) is 33.6 Å². The van der Waals surface area contributed by atoms with Crippen molar-refractivity contribution in [3.8, 4) is 0 Å². The smallest absolute Gasteiger partial charge is 0.224 e. The van der Waals surface area contributed by atoms with Gasteiger partial charge in [-0.3, -0.25) is 9.59 Å². The summed E-state index contributed by atoms with van der Waals surface area (Å²) < 4.78 is 0. The third kappa shape index (κ3) is 6.38. The first kappa shape index (κ1) is 19.8. The predicted octanol–water partition coefficient (Wildman–Crippen LogP) is 5.95. The molecule has 3 nitrogen and oxygen atoms in total. The fraction of sp³-hybridized carbons (Fsp3) is 0.263. The highest BCUT2D eigenvalue weighted by Crippen LogP contribution is 2.30. The van der Waals surface area contributed by atoms with Crippen LogP contribution in [0.25, 0.3) is 0 Å². The number of halogens is 2. The van der Waals surface area contributed by atoms with Crippen molar-refractivity contribution in [2.24, 2.45) is 5.92 Å². The van der Waals surface area contributed by atoms with Crippen LogP contribution in [0.5, 0.6) is 0 Å². The molecule has 0 bridgehead atoms. The molecule has 0 spiro atoms. The Bertz CT molecular complexity index is 761. The maximum atomic E-state index is 12.3. The number of amides is 1. The van der Waals surface area contributed by atoms with Crippen LogP contribution in [-0.2, 0) is 4.79 Å². The summed E-state index contributed by atoms with van der Waals surface area (Å²) in [7, 11) is 0. The van der Waals surface area contributed by atoms with E-state index in [0.717, 1.165) is 4.90 Å². The summed E-state index contributed by atoms with van der Waals surface area (Å²) in [6, 6.07) is 12.1. The topological polar surface area (TPSA) is 46.2 Å². The average Bonchev–Trinajstić information content (AvgIpc) is 2.55. The van der Waals surface area contributed by atoms with Gasteiger partial charge in [0.05, 0.1) is 10.8 Å². The van der Waals surface area contributed by atoms with Crippen molar-refractivity contribution in [2.75, 3.05) is 11.1 Å². The Labute approximate surface area is 162 Å². The fourth-order valence-electron chi connectivity index (χ4n) is 2.14. The van der Waals surface area contributed by atoms with Gasteiger partial charge in [0.1, 0.15) is 0 Å². The van der Waals surface area contributed by atoms with Gasteiger partial charge in [-0.1, -0.05) is 37.0 Å². The van der Waals surface area contributed by atoms with Gasteiger partial charge in [-0.15, -0.1) is 11.8 Å². The Hall–Kier alpha value is -1.49. The molecule has 132 valence electrons. The fourth-order valence-corrected chi connectivity index (χ4v) is 3.52. The van der Waals surface area contributed by atoms with Crippen molar-refractivity contribution in [1.82, 2.24) is 0 Å². The SMILES string of the molecule is CC(C)CC(=O)Nc1ccc(C(=O)CSc2cc(Cl)ccc2Cl)cc1. The van der Waals surface area contributed by atoms with Gasteiger partial charge in [-0.05, 0) is 48.4 Å². The average molecular weight is 396 g/mol. The molecule has 0 radical (unpaired) electrons. The van der Waals surface area contributed by atoms with Crippen LogP contribution in [0, 0.1) is 5.92 Å². The van der Waals surface area contributed by atoms with Crippen molar-refractivity contribution in [1.29, 1.82) is 0 Å². The lowest BCUT2D eigenvalue weighted by Gasteiger charge is -2.08. The number of ketones is 1. The molecule has 0 aliphatic carbocycles. The summed E-state index contributed by atoms with van der Waals surface area (Å²) in [6.45, 7) is 3.98. The second-order valence-electron chi connectivity index (χ2n) is 6.01. The largest absolute Gasteiger partial charge is 0.326 e. The van der Waals surface area contributed by atoms with E-state index in [-0.39, 0.29) is 17.4 Å². The van der Waals surface area contributed by atoms with E-state index in [1.54, 1.807) is 42.5 Å². The van der Waals surface area contributed by atoms with Crippen molar-refractivity contribution in [3.63, 3.8) is 0 Å². The van der Waals surface area contributed by atoms with Gasteiger partial charge in [0.2, 0.25) is 5.91 Å². The molecule has 2 aromatic rings. The number of hydrogen-bond donors (Lipinski definition) is 1. The first-order valence-electron chi connectivity index (χ1n) is 7.86. The third-order valence-electron chi connectivity index (χ3n) is 3.34. The molecule has 0 unspecified atom stereocenters. The first-order valence-corrected chi connectivity index (χ1v) is 9.60. The normalized spacial score (nSPS) is 10.8. The number of hydrogen-bond acceptors (Lipinski definition) is 3. The molecule has 6 heteroatoms. The minimum Gasteiger partial charge on any atom is -0.326 e. The zero-order chi connectivity index (χ0) is 18.4. The number of nitrogens with one attached hydrogen (secondary N) is 1. The Morgan fingerprint density at radius 2 is 1.76 bits per heavy atom. The summed E-state index contributed by atoms with van der Waals surface area (Å²) in [5.74, 6) is 0.525. The molecule has 0 atom stereocenters. The van der Waals surface area contributed by atoms with Gasteiger partial charge in [0.15, 0.2) is 5.78 Å². The molecule has 0 aliphatic rings. The van der Waals surface area contributed by atoms with E-state index in [9.17, 15) is 9.59 Å². The first-order chi connectivity index (χ1) is 11.8. The molecule has 0 aromatic heterocycles. The summed E-state index contributed by atoms with van der Waals surface area (Å²) in [5.41, 5.74) is 1.28. The van der Waals surface area contributed by atoms with Crippen molar-refractivity contribution in [3.05, 3.63) is 58.1 Å². The van der Waals surface area contributed by atoms with E-state index < -0.39 is 0 Å². The van der Waals surface area contributed by atoms with Gasteiger partial charge < -0.3 is 5.32 Å². The Morgan fingerprint density at radius 3 is 2.40 bits per heavy atom. The minimum absolute atomic E-state index is 0.0129. The lowest BCUT2D eigenvalue weighted by atomic mass is 10.1. The number of anilines is 1. The van der Waals surface area contributed by atoms with E-state index in [2.05, 4.69) is 5.32 Å². The van der Waals surface area contributed by atoms with Gasteiger partial charge in [-0.25, -0.2) is 0 Å². The second-order valence-corrected chi connectivity index (χ2v) is 7.87. The van der Waals surface area contributed by atoms with Gasteiger partial charge in [-0.2, -0.15) is 0 Å². The van der Waals surface area contributed by atoms with Gasteiger partial charge in [0, 0.05) is 27.6 Å². The molecule has 1 amide bonds. The third-order valence-corrected chi connectivity index (χ3v) is 5.07. The number of carbonyl (C=O) groups excluding carboxylic acids is 2. The van der Waals surface area contributed by atoms with Crippen molar-refractivity contribution < 1.29 is 9.59 Å². The lowest BCUT2D eigenvalue weighted by Crippen LogP contribution is -2.14. The van der Waals surface area contributed by atoms with E-state index in [1.165, 1.54) is 11.8 Å². The number of benzene rings is 2. The van der Waals surface area contributed by atoms with Gasteiger partial charge >= 0.3 is 0 Å². The van der Waals surface area contributed by atoms with Gasteiger partial charge in [0.25, 0.3) is 0 Å². The molecule has 2 aromatic carbocycles. The van der Waals surface area contributed by atoms with E-state index >= 15 is 0 Å². The molecule has 0 fully saturated rings. The Kier molecular flexibility index (Phi) is 7.36. The van der Waals surface area contributed by atoms with E-state index in [1.807, 2.05) is 13.8 Å². The Balaban J connectivity index is 1.94. The molecule has 0 aliphatic heterocycles. The van der Waals surface area contributed by atoms with Crippen LogP contribution in [0.1, 0.15) is 30.6 Å². The van der Waals surface area contributed by atoms with Crippen molar-refractivity contribution >= 4 is 52.3 Å². The maximum Gasteiger partial charge on any atom is 0.224 e. The second kappa shape index (κ2) is 9.27. The van der Waals surface area contributed by atoms with Crippen molar-refractivity contribution in [2.45, 2.75) is 25.2 Å². The van der Waals surface area contributed by atoms with Crippen LogP contribution in [0.15, 0.2) is 47.4 Å². The maximum absolute atomic E-state index is 12.3. The molecule has 2 rings (SSSR count). The molecule has 25 heavy (non-hydrogen) atoms. The highest BCUT2D eigenvalue weighted by Gasteiger charge is 2.10. The van der Waals surface area contributed by atoms with Crippen LogP contribution in [0.4, 0.5) is 5.69 Å². The monoisotopic (exact) mass is 395 g/mol. The number of rotatable bonds is 7. The number of carbonyl (C=O) groups is 2. The van der Waals surface area contributed by atoms with Crippen LogP contribution >= 0.6 is 35.0 Å². The van der Waals surface area contributed by atoms with Crippen LogP contribution < -0.4 is 5.32 Å². The Morgan fingerprint density at radius 1 is 1.08 bits per heavy atom. The summed E-state index contributed by atoms with van der Waals surface area (Å²) in [5, 5.41) is 3.98. The predicted molar refractivity (Wildman–Crippen MR) is 106 cm³/mol. The summed E-state index contributed by atoms with van der Waals surface area (Å²) in [6.07, 6.45) is 0.470. The molecule has 1 N–H and O–H groups in total. The molecule has 0 saturated heterocycles. The summed E-state index contributed by atoms with van der Waals surface area (Å²) >= 11 is 13.4. The van der Waals surface area contributed by atoms with Crippen LogP contribution in [0.3, 0.4) is 0 Å². The number of thioether (sulfide) groups is 1.